The molecule has 1 aromatic carbocycles. The molecule has 0 spiro atoms. The lowest BCUT2D eigenvalue weighted by Crippen LogP contribution is -2.29. The van der Waals surface area contributed by atoms with E-state index in [1.54, 1.807) is 11.3 Å². The van der Waals surface area contributed by atoms with E-state index >= 15 is 0 Å². The van der Waals surface area contributed by atoms with Gasteiger partial charge in [0, 0.05) is 17.0 Å². The zero-order valence-corrected chi connectivity index (χ0v) is 13.2. The summed E-state index contributed by atoms with van der Waals surface area (Å²) in [5.41, 5.74) is 3.12. The Morgan fingerprint density at radius 3 is 2.65 bits per heavy atom. The first-order valence-corrected chi connectivity index (χ1v) is 7.83. The molecule has 0 aliphatic carbocycles. The molecule has 106 valence electrons. The molecule has 0 fully saturated rings. The second-order valence-electron chi connectivity index (χ2n) is 5.12. The van der Waals surface area contributed by atoms with Crippen LogP contribution < -0.4 is 0 Å². The number of nitrogens with zero attached hydrogens (tertiary/aromatic N) is 1. The van der Waals surface area contributed by atoms with Gasteiger partial charge in [-0.1, -0.05) is 36.8 Å². The van der Waals surface area contributed by atoms with E-state index in [1.165, 1.54) is 10.4 Å². The molecule has 0 saturated carbocycles. The van der Waals surface area contributed by atoms with Crippen LogP contribution in [0.2, 0.25) is 0 Å². The first-order valence-electron chi connectivity index (χ1n) is 6.95. The Morgan fingerprint density at radius 1 is 1.25 bits per heavy atom. The summed E-state index contributed by atoms with van der Waals surface area (Å²) in [5, 5.41) is 2.08. The number of thiophene rings is 1. The molecule has 2 nitrogen and oxygen atoms in total. The zero-order valence-electron chi connectivity index (χ0n) is 12.3. The van der Waals surface area contributed by atoms with Crippen molar-refractivity contribution in [2.45, 2.75) is 27.3 Å². The van der Waals surface area contributed by atoms with Gasteiger partial charge in [0.15, 0.2) is 5.78 Å². The Morgan fingerprint density at radius 2 is 2.05 bits per heavy atom. The minimum Gasteiger partial charge on any atom is -0.293 e. The van der Waals surface area contributed by atoms with Gasteiger partial charge < -0.3 is 0 Å². The minimum atomic E-state index is 0.209. The highest BCUT2D eigenvalue weighted by Gasteiger charge is 2.14. The summed E-state index contributed by atoms with van der Waals surface area (Å²) in [6.45, 7) is 8.38. The van der Waals surface area contributed by atoms with E-state index in [4.69, 9.17) is 0 Å². The van der Waals surface area contributed by atoms with Crippen molar-refractivity contribution < 1.29 is 4.79 Å². The molecular formula is C17H21NOS. The van der Waals surface area contributed by atoms with Crippen molar-refractivity contribution >= 4 is 17.1 Å². The first kappa shape index (κ1) is 14.9. The molecule has 0 aliphatic heterocycles. The highest BCUT2D eigenvalue weighted by Crippen LogP contribution is 2.15. The number of likely N-dealkylation sites (N-methyl/N-ethyl adjacent to an activating group) is 1. The molecule has 0 radical (unpaired) electrons. The molecule has 0 atom stereocenters. The normalized spacial score (nSPS) is 11.0. The standard InChI is InChI=1S/C17H21NOS/c1-4-18(11-15-6-5-9-20-15)12-17(19)16-8-7-13(2)10-14(16)3/h5-10H,4,11-12H2,1-3H3. The van der Waals surface area contributed by atoms with Crippen molar-refractivity contribution in [1.29, 1.82) is 0 Å². The van der Waals surface area contributed by atoms with Gasteiger partial charge in [-0.2, -0.15) is 0 Å². The molecule has 0 bridgehead atoms. The third-order valence-electron chi connectivity index (χ3n) is 3.46. The summed E-state index contributed by atoms with van der Waals surface area (Å²) in [6.07, 6.45) is 0. The lowest BCUT2D eigenvalue weighted by atomic mass is 10.0. The van der Waals surface area contributed by atoms with Crippen LogP contribution in [0.1, 0.15) is 33.3 Å². The highest BCUT2D eigenvalue weighted by atomic mass is 32.1. The summed E-state index contributed by atoms with van der Waals surface area (Å²) < 4.78 is 0. The smallest absolute Gasteiger partial charge is 0.177 e. The molecule has 2 aromatic rings. The van der Waals surface area contributed by atoms with Crippen molar-refractivity contribution in [1.82, 2.24) is 4.90 Å². The van der Waals surface area contributed by atoms with Gasteiger partial charge in [0.1, 0.15) is 0 Å². The average molecular weight is 287 g/mol. The third kappa shape index (κ3) is 3.78. The maximum absolute atomic E-state index is 12.4. The molecule has 20 heavy (non-hydrogen) atoms. The van der Waals surface area contributed by atoms with Crippen molar-refractivity contribution in [3.63, 3.8) is 0 Å². The van der Waals surface area contributed by atoms with Gasteiger partial charge in [-0.05, 0) is 37.4 Å². The molecule has 0 N–H and O–H groups in total. The molecule has 1 heterocycles. The fourth-order valence-corrected chi connectivity index (χ4v) is 3.06. The van der Waals surface area contributed by atoms with E-state index in [-0.39, 0.29) is 5.78 Å². The number of aryl methyl sites for hydroxylation is 2. The van der Waals surface area contributed by atoms with Crippen LogP contribution in [0.15, 0.2) is 35.7 Å². The maximum atomic E-state index is 12.4. The number of hydrogen-bond acceptors (Lipinski definition) is 3. The average Bonchev–Trinajstić information content (AvgIpc) is 2.90. The SMILES string of the molecule is CCN(CC(=O)c1ccc(C)cc1C)Cc1cccs1. The van der Waals surface area contributed by atoms with Crippen LogP contribution in [-0.2, 0) is 6.54 Å². The Labute approximate surface area is 125 Å². The summed E-state index contributed by atoms with van der Waals surface area (Å²) >= 11 is 1.74. The van der Waals surface area contributed by atoms with Gasteiger partial charge in [-0.3, -0.25) is 9.69 Å². The first-order chi connectivity index (χ1) is 9.60. The van der Waals surface area contributed by atoms with E-state index in [0.717, 1.165) is 24.2 Å². The van der Waals surface area contributed by atoms with Crippen molar-refractivity contribution in [3.05, 3.63) is 57.3 Å². The summed E-state index contributed by atoms with van der Waals surface area (Å²) in [4.78, 5) is 15.9. The van der Waals surface area contributed by atoms with Gasteiger partial charge in [0.05, 0.1) is 6.54 Å². The number of benzene rings is 1. The van der Waals surface area contributed by atoms with Gasteiger partial charge >= 0.3 is 0 Å². The van der Waals surface area contributed by atoms with Crippen molar-refractivity contribution in [2.24, 2.45) is 0 Å². The second-order valence-corrected chi connectivity index (χ2v) is 6.16. The van der Waals surface area contributed by atoms with Gasteiger partial charge in [0.2, 0.25) is 0 Å². The van der Waals surface area contributed by atoms with E-state index in [9.17, 15) is 4.79 Å². The highest BCUT2D eigenvalue weighted by molar-refractivity contribution is 7.09. The van der Waals surface area contributed by atoms with Crippen LogP contribution in [0.5, 0.6) is 0 Å². The van der Waals surface area contributed by atoms with Crippen molar-refractivity contribution in [3.8, 4) is 0 Å². The van der Waals surface area contributed by atoms with Gasteiger partial charge in [-0.15, -0.1) is 11.3 Å². The Hall–Kier alpha value is -1.45. The largest absolute Gasteiger partial charge is 0.293 e. The Kier molecular flexibility index (Phi) is 5.10. The number of carbonyl (C=O) groups excluding carboxylic acids is 1. The fraction of sp³-hybridized carbons (Fsp3) is 0.353. The monoisotopic (exact) mass is 287 g/mol. The number of rotatable bonds is 6. The minimum absolute atomic E-state index is 0.209. The molecule has 0 amide bonds. The predicted molar refractivity (Wildman–Crippen MR) is 85.5 cm³/mol. The molecule has 1 aromatic heterocycles. The molecule has 2 rings (SSSR count). The quantitative estimate of drug-likeness (QED) is 0.746. The number of ketones is 1. The Bertz CT molecular complexity index is 575. The zero-order chi connectivity index (χ0) is 14.5. The van der Waals surface area contributed by atoms with Crippen LogP contribution in [0.25, 0.3) is 0 Å². The molecule has 0 saturated heterocycles. The van der Waals surface area contributed by atoms with Crippen LogP contribution in [0.4, 0.5) is 0 Å². The van der Waals surface area contributed by atoms with Crippen LogP contribution in [-0.4, -0.2) is 23.8 Å². The summed E-state index contributed by atoms with van der Waals surface area (Å²) in [5.74, 6) is 0.209. The van der Waals surface area contributed by atoms with E-state index in [0.29, 0.717) is 6.54 Å². The third-order valence-corrected chi connectivity index (χ3v) is 4.32. The van der Waals surface area contributed by atoms with E-state index < -0.39 is 0 Å². The molecule has 3 heteroatoms. The summed E-state index contributed by atoms with van der Waals surface area (Å²) in [6, 6.07) is 10.2. The molecule has 0 unspecified atom stereocenters. The van der Waals surface area contributed by atoms with Crippen LogP contribution in [0.3, 0.4) is 0 Å². The van der Waals surface area contributed by atoms with Crippen molar-refractivity contribution in [2.75, 3.05) is 13.1 Å². The van der Waals surface area contributed by atoms with E-state index in [2.05, 4.69) is 42.3 Å². The number of carbonyl (C=O) groups is 1. The van der Waals surface area contributed by atoms with Gasteiger partial charge in [0.25, 0.3) is 0 Å². The number of Topliss-reactive ketones (excluding diaryl/α,β-unsaturated/α-hetero) is 1. The lowest BCUT2D eigenvalue weighted by molar-refractivity contribution is 0.0929. The molecular weight excluding hydrogens is 266 g/mol. The van der Waals surface area contributed by atoms with E-state index in [1.807, 2.05) is 19.1 Å². The number of hydrogen-bond donors (Lipinski definition) is 0. The van der Waals surface area contributed by atoms with Crippen LogP contribution in [0, 0.1) is 13.8 Å². The second kappa shape index (κ2) is 6.82. The Balaban J connectivity index is 2.05. The van der Waals surface area contributed by atoms with Gasteiger partial charge in [-0.25, -0.2) is 0 Å². The predicted octanol–water partition coefficient (Wildman–Crippen LogP) is 4.07. The lowest BCUT2D eigenvalue weighted by Gasteiger charge is -2.19. The topological polar surface area (TPSA) is 20.3 Å². The summed E-state index contributed by atoms with van der Waals surface area (Å²) in [7, 11) is 0. The maximum Gasteiger partial charge on any atom is 0.177 e. The fourth-order valence-electron chi connectivity index (χ4n) is 2.32. The molecule has 0 aliphatic rings. The van der Waals surface area contributed by atoms with Crippen LogP contribution >= 0.6 is 11.3 Å².